The van der Waals surface area contributed by atoms with Gasteiger partial charge in [0, 0.05) is 14.1 Å². The highest BCUT2D eigenvalue weighted by molar-refractivity contribution is 5.73. The molecule has 0 aromatic heterocycles. The van der Waals surface area contributed by atoms with Gasteiger partial charge in [-0.15, -0.1) is 0 Å². The van der Waals surface area contributed by atoms with E-state index in [9.17, 15) is 4.79 Å². The van der Waals surface area contributed by atoms with E-state index in [4.69, 9.17) is 0 Å². The minimum Gasteiger partial charge on any atom is -0.375 e. The van der Waals surface area contributed by atoms with Crippen molar-refractivity contribution in [3.63, 3.8) is 0 Å². The van der Waals surface area contributed by atoms with Crippen molar-refractivity contribution >= 4 is 6.29 Å². The lowest BCUT2D eigenvalue weighted by atomic mass is 10.0. The second-order valence-electron chi connectivity index (χ2n) is 3.31. The standard InChI is InChI=1S/C10H17NO/c1-8(2)9(3)6-10(7-12)11(4)5/h6-8H,3H2,1-2,4-5H3/b10-6-. The number of nitrogens with zero attached hydrogens (tertiary/aromatic N) is 1. The van der Waals surface area contributed by atoms with Crippen LogP contribution in [0, 0.1) is 5.92 Å². The Hall–Kier alpha value is -1.05. The summed E-state index contributed by atoms with van der Waals surface area (Å²) in [6.45, 7) is 7.97. The number of likely N-dealkylation sites (N-methyl/N-ethyl adjacent to an activating group) is 1. The summed E-state index contributed by atoms with van der Waals surface area (Å²) < 4.78 is 0. The van der Waals surface area contributed by atoms with E-state index in [1.165, 1.54) is 0 Å². The summed E-state index contributed by atoms with van der Waals surface area (Å²) in [7, 11) is 3.68. The van der Waals surface area contributed by atoms with E-state index in [-0.39, 0.29) is 0 Å². The van der Waals surface area contributed by atoms with Gasteiger partial charge in [-0.1, -0.05) is 26.0 Å². The summed E-state index contributed by atoms with van der Waals surface area (Å²) >= 11 is 0. The third-order valence-electron chi connectivity index (χ3n) is 1.71. The molecule has 0 spiro atoms. The molecule has 2 nitrogen and oxygen atoms in total. The quantitative estimate of drug-likeness (QED) is 0.362. The van der Waals surface area contributed by atoms with Crippen molar-refractivity contribution in [3.05, 3.63) is 23.9 Å². The van der Waals surface area contributed by atoms with Gasteiger partial charge in [0.25, 0.3) is 0 Å². The molecule has 0 aliphatic rings. The first-order chi connectivity index (χ1) is 5.49. The lowest BCUT2D eigenvalue weighted by Gasteiger charge is -2.13. The van der Waals surface area contributed by atoms with Gasteiger partial charge in [0.15, 0.2) is 6.29 Å². The average Bonchev–Trinajstić information content (AvgIpc) is 1.98. The molecular formula is C10H17NO. The Morgan fingerprint density at radius 1 is 1.42 bits per heavy atom. The Kier molecular flexibility index (Phi) is 4.34. The van der Waals surface area contributed by atoms with Crippen LogP contribution < -0.4 is 0 Å². The van der Waals surface area contributed by atoms with Crippen LogP contribution in [0.3, 0.4) is 0 Å². The van der Waals surface area contributed by atoms with Crippen LogP contribution in [0.15, 0.2) is 23.9 Å². The van der Waals surface area contributed by atoms with Gasteiger partial charge in [-0.3, -0.25) is 4.79 Å². The number of allylic oxidation sites excluding steroid dienone is 3. The third-order valence-corrected chi connectivity index (χ3v) is 1.71. The fourth-order valence-electron chi connectivity index (χ4n) is 0.625. The van der Waals surface area contributed by atoms with Crippen LogP contribution in [0.25, 0.3) is 0 Å². The van der Waals surface area contributed by atoms with Crippen LogP contribution in [-0.2, 0) is 4.79 Å². The van der Waals surface area contributed by atoms with E-state index in [0.29, 0.717) is 11.6 Å². The van der Waals surface area contributed by atoms with Crippen LogP contribution in [0.1, 0.15) is 13.8 Å². The van der Waals surface area contributed by atoms with E-state index in [0.717, 1.165) is 11.9 Å². The van der Waals surface area contributed by atoms with Gasteiger partial charge in [0.2, 0.25) is 0 Å². The van der Waals surface area contributed by atoms with Crippen molar-refractivity contribution in [2.24, 2.45) is 5.92 Å². The summed E-state index contributed by atoms with van der Waals surface area (Å²) in [5, 5.41) is 0. The first kappa shape index (κ1) is 11.0. The first-order valence-corrected chi connectivity index (χ1v) is 4.02. The fraction of sp³-hybridized carbons (Fsp3) is 0.500. The van der Waals surface area contributed by atoms with Gasteiger partial charge >= 0.3 is 0 Å². The van der Waals surface area contributed by atoms with Crippen molar-refractivity contribution in [1.82, 2.24) is 4.90 Å². The van der Waals surface area contributed by atoms with E-state index in [1.54, 1.807) is 4.90 Å². The Balaban J connectivity index is 4.49. The fourth-order valence-corrected chi connectivity index (χ4v) is 0.625. The zero-order valence-electron chi connectivity index (χ0n) is 8.29. The summed E-state index contributed by atoms with van der Waals surface area (Å²) in [4.78, 5) is 12.3. The Labute approximate surface area is 74.6 Å². The molecule has 0 aliphatic carbocycles. The molecule has 0 atom stereocenters. The zero-order valence-corrected chi connectivity index (χ0v) is 8.29. The van der Waals surface area contributed by atoms with E-state index < -0.39 is 0 Å². The predicted octanol–water partition coefficient (Wildman–Crippen LogP) is 1.84. The van der Waals surface area contributed by atoms with Crippen LogP contribution in [0.5, 0.6) is 0 Å². The number of carbonyl (C=O) groups is 1. The Bertz CT molecular complexity index is 202. The highest BCUT2D eigenvalue weighted by atomic mass is 16.1. The normalized spacial score (nSPS) is 11.6. The molecule has 0 amide bonds. The van der Waals surface area contributed by atoms with Crippen molar-refractivity contribution in [1.29, 1.82) is 0 Å². The molecule has 0 heterocycles. The second-order valence-corrected chi connectivity index (χ2v) is 3.31. The second kappa shape index (κ2) is 4.75. The highest BCUT2D eigenvalue weighted by Crippen LogP contribution is 2.10. The molecular weight excluding hydrogens is 150 g/mol. The number of carbonyl (C=O) groups excluding carboxylic acids is 1. The Morgan fingerprint density at radius 3 is 2.17 bits per heavy atom. The molecule has 0 aromatic carbocycles. The summed E-state index contributed by atoms with van der Waals surface area (Å²) in [5.74, 6) is 0.389. The van der Waals surface area contributed by atoms with Gasteiger partial charge < -0.3 is 4.90 Å². The maximum Gasteiger partial charge on any atom is 0.166 e. The molecule has 0 aliphatic heterocycles. The zero-order chi connectivity index (χ0) is 9.72. The molecule has 0 bridgehead atoms. The molecule has 0 saturated heterocycles. The molecule has 0 radical (unpaired) electrons. The van der Waals surface area contributed by atoms with Crippen LogP contribution >= 0.6 is 0 Å². The summed E-state index contributed by atoms with van der Waals surface area (Å²) in [5.41, 5.74) is 1.64. The number of rotatable bonds is 4. The van der Waals surface area contributed by atoms with Gasteiger partial charge in [0.1, 0.15) is 0 Å². The van der Waals surface area contributed by atoms with Crippen molar-refractivity contribution in [2.45, 2.75) is 13.8 Å². The summed E-state index contributed by atoms with van der Waals surface area (Å²) in [6.07, 6.45) is 2.66. The predicted molar refractivity (Wildman–Crippen MR) is 51.8 cm³/mol. The maximum absolute atomic E-state index is 10.6. The van der Waals surface area contributed by atoms with Gasteiger partial charge in [-0.2, -0.15) is 0 Å². The topological polar surface area (TPSA) is 20.3 Å². The molecule has 0 aromatic rings. The SMILES string of the molecule is C=C(/C=C(/C=O)N(C)C)C(C)C. The van der Waals surface area contributed by atoms with Crippen LogP contribution in [0.2, 0.25) is 0 Å². The summed E-state index contributed by atoms with van der Waals surface area (Å²) in [6, 6.07) is 0. The molecule has 0 fully saturated rings. The third kappa shape index (κ3) is 3.37. The van der Waals surface area contributed by atoms with Gasteiger partial charge in [-0.25, -0.2) is 0 Å². The van der Waals surface area contributed by atoms with Crippen molar-refractivity contribution < 1.29 is 4.79 Å². The largest absolute Gasteiger partial charge is 0.375 e. The monoisotopic (exact) mass is 167 g/mol. The molecule has 0 unspecified atom stereocenters. The minimum absolute atomic E-state index is 0.389. The molecule has 0 N–H and O–H groups in total. The molecule has 0 rings (SSSR count). The van der Waals surface area contributed by atoms with Crippen molar-refractivity contribution in [2.75, 3.05) is 14.1 Å². The number of hydrogen-bond donors (Lipinski definition) is 0. The first-order valence-electron chi connectivity index (χ1n) is 4.02. The smallest absolute Gasteiger partial charge is 0.166 e. The molecule has 68 valence electrons. The van der Waals surface area contributed by atoms with E-state index in [2.05, 4.69) is 20.4 Å². The molecule has 0 saturated carbocycles. The Morgan fingerprint density at radius 2 is 1.92 bits per heavy atom. The number of aldehydes is 1. The van der Waals surface area contributed by atoms with Crippen LogP contribution in [-0.4, -0.2) is 25.3 Å². The number of hydrogen-bond acceptors (Lipinski definition) is 2. The molecule has 2 heteroatoms. The highest BCUT2D eigenvalue weighted by Gasteiger charge is 2.01. The maximum atomic E-state index is 10.6. The minimum atomic E-state index is 0.389. The molecule has 12 heavy (non-hydrogen) atoms. The lowest BCUT2D eigenvalue weighted by Crippen LogP contribution is -2.12. The lowest BCUT2D eigenvalue weighted by molar-refractivity contribution is -0.105. The van der Waals surface area contributed by atoms with E-state index in [1.807, 2.05) is 20.2 Å². The average molecular weight is 167 g/mol. The van der Waals surface area contributed by atoms with E-state index >= 15 is 0 Å². The van der Waals surface area contributed by atoms with Crippen LogP contribution in [0.4, 0.5) is 0 Å². The van der Waals surface area contributed by atoms with Gasteiger partial charge in [0.05, 0.1) is 5.70 Å². The van der Waals surface area contributed by atoms with Gasteiger partial charge in [-0.05, 0) is 12.0 Å². The van der Waals surface area contributed by atoms with Crippen molar-refractivity contribution in [3.8, 4) is 0 Å².